The van der Waals surface area contributed by atoms with Crippen molar-refractivity contribution >= 4 is 40.7 Å². The first-order valence-corrected chi connectivity index (χ1v) is 8.46. The van der Waals surface area contributed by atoms with Crippen LogP contribution in [-0.4, -0.2) is 11.8 Å². The Morgan fingerprint density at radius 1 is 0.923 bits per heavy atom. The number of halogens is 2. The van der Waals surface area contributed by atoms with E-state index >= 15 is 0 Å². The molecule has 0 aliphatic carbocycles. The zero-order valence-electron chi connectivity index (χ0n) is 13.5. The third-order valence-electron chi connectivity index (χ3n) is 3.61. The molecule has 2 amide bonds. The summed E-state index contributed by atoms with van der Waals surface area (Å²) < 4.78 is 5.04. The molecule has 132 valence electrons. The molecule has 2 aromatic carbocycles. The van der Waals surface area contributed by atoms with Gasteiger partial charge in [-0.1, -0.05) is 41.4 Å². The quantitative estimate of drug-likeness (QED) is 0.661. The van der Waals surface area contributed by atoms with Crippen LogP contribution in [0.1, 0.15) is 26.5 Å². The molecule has 26 heavy (non-hydrogen) atoms. The van der Waals surface area contributed by atoms with E-state index in [1.165, 1.54) is 6.26 Å². The Hall–Kier alpha value is -2.76. The molecule has 3 rings (SSSR count). The molecule has 0 radical (unpaired) electrons. The SMILES string of the molecule is O=C(Nc1ccc(CNC(=O)c2cccc(Cl)c2Cl)cc1)c1ccco1. The molecule has 1 heterocycles. The summed E-state index contributed by atoms with van der Waals surface area (Å²) in [6.07, 6.45) is 1.44. The topological polar surface area (TPSA) is 71.3 Å². The summed E-state index contributed by atoms with van der Waals surface area (Å²) in [6.45, 7) is 0.314. The molecule has 5 nitrogen and oxygen atoms in total. The Kier molecular flexibility index (Phi) is 5.61. The van der Waals surface area contributed by atoms with Gasteiger partial charge in [-0.15, -0.1) is 0 Å². The minimum Gasteiger partial charge on any atom is -0.459 e. The van der Waals surface area contributed by atoms with Crippen LogP contribution in [0.5, 0.6) is 0 Å². The van der Waals surface area contributed by atoms with Crippen LogP contribution in [0.25, 0.3) is 0 Å². The van der Waals surface area contributed by atoms with Crippen molar-refractivity contribution in [3.8, 4) is 0 Å². The highest BCUT2D eigenvalue weighted by Gasteiger charge is 2.12. The maximum absolute atomic E-state index is 12.2. The van der Waals surface area contributed by atoms with Gasteiger partial charge in [0.1, 0.15) is 0 Å². The van der Waals surface area contributed by atoms with Crippen molar-refractivity contribution in [2.75, 3.05) is 5.32 Å². The molecule has 0 saturated heterocycles. The number of hydrogen-bond donors (Lipinski definition) is 2. The van der Waals surface area contributed by atoms with E-state index in [0.717, 1.165) is 5.56 Å². The van der Waals surface area contributed by atoms with E-state index in [1.54, 1.807) is 54.6 Å². The van der Waals surface area contributed by atoms with E-state index in [0.29, 0.717) is 22.8 Å². The highest BCUT2D eigenvalue weighted by Crippen LogP contribution is 2.25. The molecular weight excluding hydrogens is 375 g/mol. The number of furan rings is 1. The standard InChI is InChI=1S/C19H14Cl2N2O3/c20-15-4-1-3-14(17(15)21)18(24)22-11-12-6-8-13(9-7-12)23-19(25)16-5-2-10-26-16/h1-10H,11H2,(H,22,24)(H,23,25). The number of rotatable bonds is 5. The Morgan fingerprint density at radius 3 is 2.38 bits per heavy atom. The van der Waals surface area contributed by atoms with Gasteiger partial charge in [-0.25, -0.2) is 0 Å². The molecule has 0 atom stereocenters. The molecule has 1 aromatic heterocycles. The lowest BCUT2D eigenvalue weighted by atomic mass is 10.1. The predicted molar refractivity (Wildman–Crippen MR) is 101 cm³/mol. The first kappa shape index (κ1) is 18.0. The van der Waals surface area contributed by atoms with Crippen molar-refractivity contribution in [2.45, 2.75) is 6.54 Å². The van der Waals surface area contributed by atoms with Crippen LogP contribution in [0.4, 0.5) is 5.69 Å². The Labute approximate surface area is 159 Å². The van der Waals surface area contributed by atoms with E-state index < -0.39 is 0 Å². The van der Waals surface area contributed by atoms with Crippen molar-refractivity contribution in [1.29, 1.82) is 0 Å². The Bertz CT molecular complexity index is 922. The van der Waals surface area contributed by atoms with Crippen LogP contribution in [0.2, 0.25) is 10.0 Å². The second-order valence-electron chi connectivity index (χ2n) is 5.41. The number of carbonyl (C=O) groups is 2. The van der Waals surface area contributed by atoms with Gasteiger partial charge in [-0.05, 0) is 42.0 Å². The molecule has 3 aromatic rings. The number of benzene rings is 2. The van der Waals surface area contributed by atoms with Crippen LogP contribution in [0.3, 0.4) is 0 Å². The second-order valence-corrected chi connectivity index (χ2v) is 6.20. The summed E-state index contributed by atoms with van der Waals surface area (Å²) in [5, 5.41) is 6.06. The van der Waals surface area contributed by atoms with Gasteiger partial charge in [0, 0.05) is 12.2 Å². The minimum atomic E-state index is -0.327. The normalized spacial score (nSPS) is 10.4. The van der Waals surface area contributed by atoms with Crippen molar-refractivity contribution in [3.05, 3.63) is 87.8 Å². The Morgan fingerprint density at radius 2 is 1.69 bits per heavy atom. The number of hydrogen-bond acceptors (Lipinski definition) is 3. The average Bonchev–Trinajstić information content (AvgIpc) is 3.18. The van der Waals surface area contributed by atoms with Gasteiger partial charge >= 0.3 is 0 Å². The summed E-state index contributed by atoms with van der Waals surface area (Å²) in [7, 11) is 0. The highest BCUT2D eigenvalue weighted by atomic mass is 35.5. The monoisotopic (exact) mass is 388 g/mol. The lowest BCUT2D eigenvalue weighted by molar-refractivity contribution is 0.0950. The van der Waals surface area contributed by atoms with Gasteiger partial charge in [0.15, 0.2) is 5.76 Å². The first-order valence-electron chi connectivity index (χ1n) is 7.70. The molecule has 0 spiro atoms. The number of carbonyl (C=O) groups excluding carboxylic acids is 2. The smallest absolute Gasteiger partial charge is 0.291 e. The lowest BCUT2D eigenvalue weighted by Crippen LogP contribution is -2.23. The van der Waals surface area contributed by atoms with Crippen LogP contribution in [-0.2, 0) is 6.54 Å². The molecule has 7 heteroatoms. The summed E-state index contributed by atoms with van der Waals surface area (Å²) >= 11 is 12.0. The maximum atomic E-state index is 12.2. The van der Waals surface area contributed by atoms with Gasteiger partial charge in [-0.3, -0.25) is 9.59 Å². The van der Waals surface area contributed by atoms with Gasteiger partial charge in [0.2, 0.25) is 0 Å². The molecule has 0 unspecified atom stereocenters. The fourth-order valence-corrected chi connectivity index (χ4v) is 2.65. The molecule has 0 fully saturated rings. The zero-order valence-corrected chi connectivity index (χ0v) is 15.0. The summed E-state index contributed by atoms with van der Waals surface area (Å²) in [4.78, 5) is 24.1. The molecular formula is C19H14Cl2N2O3. The zero-order chi connectivity index (χ0) is 18.5. The van der Waals surface area contributed by atoms with Gasteiger partial charge < -0.3 is 15.1 Å². The van der Waals surface area contributed by atoms with Crippen molar-refractivity contribution in [2.24, 2.45) is 0 Å². The largest absolute Gasteiger partial charge is 0.459 e. The summed E-state index contributed by atoms with van der Waals surface area (Å²) in [5.41, 5.74) is 1.81. The maximum Gasteiger partial charge on any atom is 0.291 e. The van der Waals surface area contributed by atoms with Crippen LogP contribution in [0, 0.1) is 0 Å². The number of amides is 2. The molecule has 2 N–H and O–H groups in total. The summed E-state index contributed by atoms with van der Waals surface area (Å²) in [5.74, 6) is -0.404. The van der Waals surface area contributed by atoms with Gasteiger partial charge in [-0.2, -0.15) is 0 Å². The van der Waals surface area contributed by atoms with Crippen molar-refractivity contribution < 1.29 is 14.0 Å². The number of nitrogens with one attached hydrogen (secondary N) is 2. The second kappa shape index (κ2) is 8.08. The van der Waals surface area contributed by atoms with Crippen molar-refractivity contribution in [3.63, 3.8) is 0 Å². The number of anilines is 1. The molecule has 0 aliphatic heterocycles. The summed E-state index contributed by atoms with van der Waals surface area (Å²) in [6, 6.07) is 15.2. The predicted octanol–water partition coefficient (Wildman–Crippen LogP) is 4.77. The first-order chi connectivity index (χ1) is 12.5. The van der Waals surface area contributed by atoms with E-state index in [9.17, 15) is 9.59 Å². The third kappa shape index (κ3) is 4.25. The third-order valence-corrected chi connectivity index (χ3v) is 4.42. The van der Waals surface area contributed by atoms with E-state index in [-0.39, 0.29) is 22.6 Å². The van der Waals surface area contributed by atoms with E-state index in [2.05, 4.69) is 10.6 Å². The fraction of sp³-hybridized carbons (Fsp3) is 0.0526. The lowest BCUT2D eigenvalue weighted by Gasteiger charge is -2.09. The van der Waals surface area contributed by atoms with Crippen molar-refractivity contribution in [1.82, 2.24) is 5.32 Å². The van der Waals surface area contributed by atoms with E-state index in [1.807, 2.05) is 0 Å². The fourth-order valence-electron chi connectivity index (χ4n) is 2.26. The molecule has 0 aliphatic rings. The van der Waals surface area contributed by atoms with Crippen LogP contribution >= 0.6 is 23.2 Å². The molecule has 0 saturated carbocycles. The Balaban J connectivity index is 1.58. The highest BCUT2D eigenvalue weighted by molar-refractivity contribution is 6.43. The van der Waals surface area contributed by atoms with Gasteiger partial charge in [0.05, 0.1) is 21.9 Å². The molecule has 0 bridgehead atoms. The van der Waals surface area contributed by atoms with Crippen LogP contribution < -0.4 is 10.6 Å². The van der Waals surface area contributed by atoms with Crippen LogP contribution in [0.15, 0.2) is 65.3 Å². The van der Waals surface area contributed by atoms with Gasteiger partial charge in [0.25, 0.3) is 11.8 Å². The average molecular weight is 389 g/mol. The minimum absolute atomic E-state index is 0.225. The van der Waals surface area contributed by atoms with E-state index in [4.69, 9.17) is 27.6 Å².